The Hall–Kier alpha value is -3.22. The van der Waals surface area contributed by atoms with E-state index in [1.54, 1.807) is 36.0 Å². The molecule has 4 rings (SSSR count). The van der Waals surface area contributed by atoms with E-state index < -0.39 is 0 Å². The molecule has 3 aromatic rings. The molecule has 27 heavy (non-hydrogen) atoms. The first kappa shape index (κ1) is 17.2. The standard InChI is InChI=1S/C20H21N5O2/c1-11-17-15(10-16(12-7-8-12)23-18(17)25(3)24-11)20(27)22-14-6-4-5-13(9-14)19(26)21-2/h4-6,9-10,12H,7-8H2,1-3H3,(H,21,26)(H,22,27). The minimum Gasteiger partial charge on any atom is -0.355 e. The lowest BCUT2D eigenvalue weighted by Crippen LogP contribution is -2.18. The second kappa shape index (κ2) is 6.50. The molecule has 7 nitrogen and oxygen atoms in total. The third-order valence-electron chi connectivity index (χ3n) is 4.84. The molecule has 2 heterocycles. The number of anilines is 1. The van der Waals surface area contributed by atoms with Crippen LogP contribution < -0.4 is 10.6 Å². The lowest BCUT2D eigenvalue weighted by atomic mass is 10.1. The summed E-state index contributed by atoms with van der Waals surface area (Å²) >= 11 is 0. The van der Waals surface area contributed by atoms with E-state index in [0.29, 0.717) is 22.7 Å². The number of carbonyl (C=O) groups excluding carboxylic acids is 2. The van der Waals surface area contributed by atoms with E-state index in [1.165, 1.54) is 0 Å². The second-order valence-corrected chi connectivity index (χ2v) is 6.89. The first-order chi connectivity index (χ1) is 13.0. The van der Waals surface area contributed by atoms with Crippen LogP contribution in [0.1, 0.15) is 50.9 Å². The van der Waals surface area contributed by atoms with Crippen LogP contribution >= 0.6 is 0 Å². The number of nitrogens with one attached hydrogen (secondary N) is 2. The van der Waals surface area contributed by atoms with E-state index in [1.807, 2.05) is 20.0 Å². The fraction of sp³-hybridized carbons (Fsp3) is 0.300. The van der Waals surface area contributed by atoms with Gasteiger partial charge >= 0.3 is 0 Å². The summed E-state index contributed by atoms with van der Waals surface area (Å²) in [6.07, 6.45) is 2.20. The van der Waals surface area contributed by atoms with E-state index in [-0.39, 0.29) is 11.8 Å². The molecule has 0 bridgehead atoms. The monoisotopic (exact) mass is 363 g/mol. The number of pyridine rings is 1. The smallest absolute Gasteiger partial charge is 0.256 e. The van der Waals surface area contributed by atoms with Crippen molar-refractivity contribution in [2.75, 3.05) is 12.4 Å². The predicted molar refractivity (Wildman–Crippen MR) is 103 cm³/mol. The minimum atomic E-state index is -0.227. The zero-order chi connectivity index (χ0) is 19.1. The number of hydrogen-bond acceptors (Lipinski definition) is 4. The van der Waals surface area contributed by atoms with Gasteiger partial charge in [-0.1, -0.05) is 6.07 Å². The maximum absolute atomic E-state index is 13.1. The Morgan fingerprint density at radius 3 is 2.67 bits per heavy atom. The summed E-state index contributed by atoms with van der Waals surface area (Å²) in [6.45, 7) is 1.88. The average molecular weight is 363 g/mol. The van der Waals surface area contributed by atoms with Gasteiger partial charge < -0.3 is 10.6 Å². The van der Waals surface area contributed by atoms with Crippen LogP contribution in [0.3, 0.4) is 0 Å². The van der Waals surface area contributed by atoms with Crippen molar-refractivity contribution in [2.45, 2.75) is 25.7 Å². The molecule has 1 aromatic carbocycles. The Labute approximate surface area is 156 Å². The number of carbonyl (C=O) groups is 2. The SMILES string of the molecule is CNC(=O)c1cccc(NC(=O)c2cc(C3CC3)nc3c2c(C)nn3C)c1. The summed E-state index contributed by atoms with van der Waals surface area (Å²) in [4.78, 5) is 29.6. The highest BCUT2D eigenvalue weighted by Crippen LogP contribution is 2.40. The molecule has 0 unspecified atom stereocenters. The Morgan fingerprint density at radius 1 is 1.19 bits per heavy atom. The van der Waals surface area contributed by atoms with E-state index >= 15 is 0 Å². The van der Waals surface area contributed by atoms with E-state index in [2.05, 4.69) is 15.7 Å². The highest BCUT2D eigenvalue weighted by molar-refractivity contribution is 6.13. The van der Waals surface area contributed by atoms with E-state index in [4.69, 9.17) is 4.98 Å². The number of nitrogens with zero attached hydrogens (tertiary/aromatic N) is 3. The van der Waals surface area contributed by atoms with Crippen LogP contribution in [0.2, 0.25) is 0 Å². The highest BCUT2D eigenvalue weighted by atomic mass is 16.2. The molecule has 7 heteroatoms. The molecule has 0 saturated heterocycles. The number of hydrogen-bond donors (Lipinski definition) is 2. The van der Waals surface area contributed by atoms with Crippen LogP contribution in [0.5, 0.6) is 0 Å². The van der Waals surface area contributed by atoms with Gasteiger partial charge in [0.2, 0.25) is 0 Å². The lowest BCUT2D eigenvalue weighted by molar-refractivity contribution is 0.0961. The van der Waals surface area contributed by atoms with Gasteiger partial charge in [-0.05, 0) is 44.0 Å². The molecule has 1 aliphatic carbocycles. The minimum absolute atomic E-state index is 0.198. The van der Waals surface area contributed by atoms with Crippen LogP contribution in [-0.4, -0.2) is 33.6 Å². The van der Waals surface area contributed by atoms with Crippen molar-refractivity contribution in [1.29, 1.82) is 0 Å². The van der Waals surface area contributed by atoms with Crippen LogP contribution in [0.15, 0.2) is 30.3 Å². The molecule has 0 aliphatic heterocycles. The van der Waals surface area contributed by atoms with Gasteiger partial charge in [0.15, 0.2) is 5.65 Å². The Kier molecular flexibility index (Phi) is 4.14. The molecule has 2 N–H and O–H groups in total. The second-order valence-electron chi connectivity index (χ2n) is 6.89. The summed E-state index contributed by atoms with van der Waals surface area (Å²) in [5.74, 6) is -0.00119. The quantitative estimate of drug-likeness (QED) is 0.746. The zero-order valence-corrected chi connectivity index (χ0v) is 15.5. The number of aromatic nitrogens is 3. The number of benzene rings is 1. The topological polar surface area (TPSA) is 88.9 Å². The molecule has 0 spiro atoms. The predicted octanol–water partition coefficient (Wildman–Crippen LogP) is 2.77. The molecular weight excluding hydrogens is 342 g/mol. The van der Waals surface area contributed by atoms with Crippen LogP contribution in [0.25, 0.3) is 11.0 Å². The fourth-order valence-corrected chi connectivity index (χ4v) is 3.31. The molecule has 1 aliphatic rings. The van der Waals surface area contributed by atoms with Gasteiger partial charge in [-0.3, -0.25) is 14.3 Å². The molecule has 138 valence electrons. The summed E-state index contributed by atoms with van der Waals surface area (Å²) in [7, 11) is 3.42. The van der Waals surface area contributed by atoms with Crippen molar-refractivity contribution in [3.05, 3.63) is 52.8 Å². The Morgan fingerprint density at radius 2 is 1.96 bits per heavy atom. The van der Waals surface area contributed by atoms with Gasteiger partial charge in [-0.15, -0.1) is 0 Å². The lowest BCUT2D eigenvalue weighted by Gasteiger charge is -2.10. The number of aryl methyl sites for hydroxylation is 2. The molecule has 0 atom stereocenters. The number of amides is 2. The number of rotatable bonds is 4. The molecule has 1 saturated carbocycles. The summed E-state index contributed by atoms with van der Waals surface area (Å²) in [6, 6.07) is 8.75. The Balaban J connectivity index is 1.73. The molecule has 2 amide bonds. The van der Waals surface area contributed by atoms with E-state index in [9.17, 15) is 9.59 Å². The molecule has 2 aromatic heterocycles. The largest absolute Gasteiger partial charge is 0.355 e. The van der Waals surface area contributed by atoms with Crippen LogP contribution in [0.4, 0.5) is 5.69 Å². The maximum Gasteiger partial charge on any atom is 0.256 e. The molecule has 0 radical (unpaired) electrons. The van der Waals surface area contributed by atoms with Gasteiger partial charge in [0.05, 0.1) is 16.6 Å². The molecule has 1 fully saturated rings. The van der Waals surface area contributed by atoms with Crippen molar-refractivity contribution in [1.82, 2.24) is 20.1 Å². The fourth-order valence-electron chi connectivity index (χ4n) is 3.31. The normalized spacial score (nSPS) is 13.6. The van der Waals surface area contributed by atoms with Crippen molar-refractivity contribution in [3.8, 4) is 0 Å². The van der Waals surface area contributed by atoms with Crippen LogP contribution in [0, 0.1) is 6.92 Å². The van der Waals surface area contributed by atoms with E-state index in [0.717, 1.165) is 35.3 Å². The van der Waals surface area contributed by atoms with Gasteiger partial charge in [0.1, 0.15) is 0 Å². The average Bonchev–Trinajstić information content (AvgIpc) is 3.47. The van der Waals surface area contributed by atoms with Crippen molar-refractivity contribution in [2.24, 2.45) is 7.05 Å². The first-order valence-corrected chi connectivity index (χ1v) is 8.95. The Bertz CT molecular complexity index is 1070. The summed E-state index contributed by atoms with van der Waals surface area (Å²) in [5.41, 5.74) is 4.06. The third-order valence-corrected chi connectivity index (χ3v) is 4.84. The number of fused-ring (bicyclic) bond motifs is 1. The maximum atomic E-state index is 13.1. The summed E-state index contributed by atoms with van der Waals surface area (Å²) in [5, 5.41) is 10.7. The van der Waals surface area contributed by atoms with Gasteiger partial charge in [-0.25, -0.2) is 4.98 Å². The van der Waals surface area contributed by atoms with Gasteiger partial charge in [0, 0.05) is 37.0 Å². The van der Waals surface area contributed by atoms with Crippen molar-refractivity contribution < 1.29 is 9.59 Å². The van der Waals surface area contributed by atoms with Crippen molar-refractivity contribution in [3.63, 3.8) is 0 Å². The highest BCUT2D eigenvalue weighted by Gasteiger charge is 2.28. The van der Waals surface area contributed by atoms with Gasteiger partial charge in [-0.2, -0.15) is 5.10 Å². The molecular formula is C20H21N5O2. The van der Waals surface area contributed by atoms with Crippen LogP contribution in [-0.2, 0) is 7.05 Å². The third kappa shape index (κ3) is 3.16. The van der Waals surface area contributed by atoms with Crippen molar-refractivity contribution >= 4 is 28.5 Å². The summed E-state index contributed by atoms with van der Waals surface area (Å²) < 4.78 is 1.72. The first-order valence-electron chi connectivity index (χ1n) is 8.95. The van der Waals surface area contributed by atoms with Gasteiger partial charge in [0.25, 0.3) is 11.8 Å². The zero-order valence-electron chi connectivity index (χ0n) is 15.5.